The second-order valence-corrected chi connectivity index (χ2v) is 6.60. The molecule has 1 aliphatic heterocycles. The van der Waals surface area contributed by atoms with E-state index in [1.54, 1.807) is 11.5 Å². The number of aromatic nitrogens is 1. The molecular weight excluding hydrogens is 240 g/mol. The lowest BCUT2D eigenvalue weighted by atomic mass is 9.72. The van der Waals surface area contributed by atoms with Crippen LogP contribution in [0, 0.1) is 5.92 Å². The summed E-state index contributed by atoms with van der Waals surface area (Å²) in [7, 11) is 0. The quantitative estimate of drug-likeness (QED) is 0.893. The molecule has 0 amide bonds. The van der Waals surface area contributed by atoms with Crippen LogP contribution < -0.4 is 5.32 Å². The number of fused-ring (bicyclic) bond motifs is 1. The molecule has 1 aliphatic rings. The first kappa shape index (κ1) is 12.1. The van der Waals surface area contributed by atoms with Crippen molar-refractivity contribution in [3.8, 4) is 0 Å². The molecule has 0 spiro atoms. The van der Waals surface area contributed by atoms with Gasteiger partial charge in [0, 0.05) is 10.8 Å². The topological polar surface area (TPSA) is 24.9 Å². The first-order valence-electron chi connectivity index (χ1n) is 6.75. The maximum Gasteiger partial charge on any atom is 0.0680 e. The second-order valence-electron chi connectivity index (χ2n) is 5.79. The summed E-state index contributed by atoms with van der Waals surface area (Å²) in [6.07, 6.45) is 2.60. The molecule has 1 saturated heterocycles. The molecule has 0 bridgehead atoms. The van der Waals surface area contributed by atoms with Gasteiger partial charge in [-0.3, -0.25) is 0 Å². The zero-order valence-corrected chi connectivity index (χ0v) is 11.9. The molecule has 1 N–H and O–H groups in total. The fourth-order valence-electron chi connectivity index (χ4n) is 3.01. The van der Waals surface area contributed by atoms with Crippen molar-refractivity contribution in [2.45, 2.75) is 32.1 Å². The maximum absolute atomic E-state index is 4.76. The lowest BCUT2D eigenvalue weighted by molar-refractivity contribution is 0.249. The van der Waals surface area contributed by atoms with Crippen LogP contribution in [0.15, 0.2) is 24.3 Å². The Morgan fingerprint density at radius 3 is 2.94 bits per heavy atom. The van der Waals surface area contributed by atoms with Gasteiger partial charge in [0.15, 0.2) is 0 Å². The monoisotopic (exact) mass is 260 g/mol. The minimum atomic E-state index is 0.160. The minimum Gasteiger partial charge on any atom is -0.316 e. The van der Waals surface area contributed by atoms with E-state index < -0.39 is 0 Å². The highest BCUT2D eigenvalue weighted by atomic mass is 32.1. The number of benzene rings is 1. The molecule has 96 valence electrons. The van der Waals surface area contributed by atoms with E-state index >= 15 is 0 Å². The van der Waals surface area contributed by atoms with Gasteiger partial charge in [-0.05, 0) is 49.4 Å². The van der Waals surface area contributed by atoms with Crippen LogP contribution in [0.2, 0.25) is 0 Å². The van der Waals surface area contributed by atoms with Gasteiger partial charge in [0.1, 0.15) is 0 Å². The van der Waals surface area contributed by atoms with E-state index in [-0.39, 0.29) is 5.41 Å². The number of rotatable bonds is 2. The van der Waals surface area contributed by atoms with E-state index in [9.17, 15) is 0 Å². The first-order chi connectivity index (χ1) is 8.69. The molecule has 3 rings (SSSR count). The summed E-state index contributed by atoms with van der Waals surface area (Å²) in [5, 5.41) is 4.87. The highest BCUT2D eigenvalue weighted by Crippen LogP contribution is 2.39. The van der Waals surface area contributed by atoms with Crippen LogP contribution in [0.3, 0.4) is 0 Å². The predicted molar refractivity (Wildman–Crippen MR) is 78.2 cm³/mol. The molecule has 0 saturated carbocycles. The number of nitrogens with one attached hydrogen (secondary N) is 1. The van der Waals surface area contributed by atoms with Crippen LogP contribution in [0.4, 0.5) is 0 Å². The molecule has 2 heterocycles. The SMILES string of the molecule is CC(C)(c1nsc2ccccc12)C1CCCNC1. The highest BCUT2D eigenvalue weighted by molar-refractivity contribution is 7.13. The Labute approximate surface area is 113 Å². The van der Waals surface area contributed by atoms with Crippen molar-refractivity contribution in [1.29, 1.82) is 0 Å². The van der Waals surface area contributed by atoms with Crippen molar-refractivity contribution in [1.82, 2.24) is 9.69 Å². The summed E-state index contributed by atoms with van der Waals surface area (Å²) in [6.45, 7) is 7.00. The van der Waals surface area contributed by atoms with E-state index in [0.29, 0.717) is 5.92 Å². The average molecular weight is 260 g/mol. The van der Waals surface area contributed by atoms with Gasteiger partial charge in [0.05, 0.1) is 10.4 Å². The Bertz CT molecular complexity index is 538. The van der Waals surface area contributed by atoms with E-state index in [4.69, 9.17) is 4.37 Å². The zero-order valence-electron chi connectivity index (χ0n) is 11.1. The molecule has 2 nitrogen and oxygen atoms in total. The van der Waals surface area contributed by atoms with Crippen LogP contribution in [0.25, 0.3) is 10.1 Å². The minimum absolute atomic E-state index is 0.160. The Balaban J connectivity index is 2.01. The van der Waals surface area contributed by atoms with Crippen molar-refractivity contribution in [2.75, 3.05) is 13.1 Å². The summed E-state index contributed by atoms with van der Waals surface area (Å²) in [5.41, 5.74) is 1.45. The largest absolute Gasteiger partial charge is 0.316 e. The van der Waals surface area contributed by atoms with Crippen LogP contribution in [0.1, 0.15) is 32.4 Å². The maximum atomic E-state index is 4.76. The normalized spacial score (nSPS) is 21.3. The first-order valence-corrected chi connectivity index (χ1v) is 7.52. The van der Waals surface area contributed by atoms with Crippen LogP contribution >= 0.6 is 11.5 Å². The van der Waals surface area contributed by atoms with Crippen LogP contribution in [-0.2, 0) is 5.41 Å². The van der Waals surface area contributed by atoms with Crippen molar-refractivity contribution >= 4 is 21.6 Å². The summed E-state index contributed by atoms with van der Waals surface area (Å²) < 4.78 is 6.07. The highest BCUT2D eigenvalue weighted by Gasteiger charge is 2.35. The molecule has 1 atom stereocenters. The molecule has 18 heavy (non-hydrogen) atoms. The molecule has 0 radical (unpaired) electrons. The number of nitrogens with zero attached hydrogens (tertiary/aromatic N) is 1. The number of hydrogen-bond acceptors (Lipinski definition) is 3. The Morgan fingerprint density at radius 2 is 2.17 bits per heavy atom. The smallest absolute Gasteiger partial charge is 0.0680 e. The van der Waals surface area contributed by atoms with Crippen LogP contribution in [-0.4, -0.2) is 17.5 Å². The third kappa shape index (κ3) is 1.95. The number of hydrogen-bond donors (Lipinski definition) is 1. The van der Waals surface area contributed by atoms with Gasteiger partial charge in [-0.15, -0.1) is 0 Å². The third-order valence-corrected chi connectivity index (χ3v) is 5.13. The van der Waals surface area contributed by atoms with Gasteiger partial charge in [-0.25, -0.2) is 0 Å². The average Bonchev–Trinajstić information content (AvgIpc) is 2.84. The molecule has 1 aromatic heterocycles. The predicted octanol–water partition coefficient (Wildman–Crippen LogP) is 3.57. The lowest BCUT2D eigenvalue weighted by Gasteiger charge is -2.36. The van der Waals surface area contributed by atoms with Crippen molar-refractivity contribution < 1.29 is 0 Å². The lowest BCUT2D eigenvalue weighted by Crippen LogP contribution is -2.41. The van der Waals surface area contributed by atoms with Gasteiger partial charge >= 0.3 is 0 Å². The molecule has 2 aromatic rings. The van der Waals surface area contributed by atoms with Crippen molar-refractivity contribution in [3.05, 3.63) is 30.0 Å². The molecule has 1 aromatic carbocycles. The molecule has 1 fully saturated rings. The van der Waals surface area contributed by atoms with Crippen molar-refractivity contribution in [2.24, 2.45) is 5.92 Å². The van der Waals surface area contributed by atoms with E-state index in [0.717, 1.165) is 6.54 Å². The molecule has 0 aliphatic carbocycles. The fraction of sp³-hybridized carbons (Fsp3) is 0.533. The fourth-order valence-corrected chi connectivity index (χ4v) is 3.94. The van der Waals surface area contributed by atoms with Gasteiger partial charge < -0.3 is 5.32 Å². The third-order valence-electron chi connectivity index (χ3n) is 4.31. The molecular formula is C15H20N2S. The van der Waals surface area contributed by atoms with Crippen molar-refractivity contribution in [3.63, 3.8) is 0 Å². The Hall–Kier alpha value is -0.930. The summed E-state index contributed by atoms with van der Waals surface area (Å²) in [4.78, 5) is 0. The van der Waals surface area contributed by atoms with Gasteiger partial charge in [-0.1, -0.05) is 32.0 Å². The standard InChI is InChI=1S/C15H20N2S/c1-15(2,11-6-5-9-16-10-11)14-12-7-3-4-8-13(12)18-17-14/h3-4,7-8,11,16H,5-6,9-10H2,1-2H3. The van der Waals surface area contributed by atoms with Gasteiger partial charge in [0.2, 0.25) is 0 Å². The van der Waals surface area contributed by atoms with Gasteiger partial charge in [0.25, 0.3) is 0 Å². The van der Waals surface area contributed by atoms with E-state index in [2.05, 4.69) is 43.4 Å². The van der Waals surface area contributed by atoms with E-state index in [1.807, 2.05) is 0 Å². The van der Waals surface area contributed by atoms with Gasteiger partial charge in [-0.2, -0.15) is 4.37 Å². The summed E-state index contributed by atoms with van der Waals surface area (Å²) >= 11 is 1.63. The second kappa shape index (κ2) is 4.63. The van der Waals surface area contributed by atoms with E-state index in [1.165, 1.54) is 35.2 Å². The summed E-state index contributed by atoms with van der Waals surface area (Å²) in [6, 6.07) is 8.60. The molecule has 3 heteroatoms. The Morgan fingerprint density at radius 1 is 1.33 bits per heavy atom. The molecule has 1 unspecified atom stereocenters. The Kier molecular flexibility index (Phi) is 3.12. The van der Waals surface area contributed by atoms with Crippen LogP contribution in [0.5, 0.6) is 0 Å². The number of piperidine rings is 1. The zero-order chi connectivity index (χ0) is 12.6. The summed E-state index contributed by atoms with van der Waals surface area (Å²) in [5.74, 6) is 0.691.